The lowest BCUT2D eigenvalue weighted by molar-refractivity contribution is -0.130. The summed E-state index contributed by atoms with van der Waals surface area (Å²) in [5, 5.41) is 12.5. The summed E-state index contributed by atoms with van der Waals surface area (Å²) >= 11 is 1.64. The SMILES string of the molecule is COc1ccc([C@H]2CC(c3ccsc3)=NN2C(C)=O)c2ccccc12. The molecule has 0 saturated heterocycles. The van der Waals surface area contributed by atoms with Crippen LogP contribution >= 0.6 is 11.3 Å². The molecule has 1 amide bonds. The molecule has 2 aromatic carbocycles. The standard InChI is InChI=1S/C20H18N2O2S/c1-13(23)22-19(11-18(21-22)14-9-10-25-12-14)16-7-8-20(24-2)17-6-4-3-5-15(16)17/h3-10,12,19H,11H2,1-2H3/t19-/m1/s1. The van der Waals surface area contributed by atoms with E-state index in [2.05, 4.69) is 22.6 Å². The zero-order valence-corrected chi connectivity index (χ0v) is 14.9. The fraction of sp³-hybridized carbons (Fsp3) is 0.200. The number of carbonyl (C=O) groups is 1. The summed E-state index contributed by atoms with van der Waals surface area (Å²) in [4.78, 5) is 12.2. The van der Waals surface area contributed by atoms with Gasteiger partial charge >= 0.3 is 0 Å². The van der Waals surface area contributed by atoms with Gasteiger partial charge in [0.05, 0.1) is 18.9 Å². The minimum atomic E-state index is -0.0943. The Labute approximate surface area is 150 Å². The number of benzene rings is 2. The molecule has 3 aromatic rings. The summed E-state index contributed by atoms with van der Waals surface area (Å²) in [7, 11) is 1.68. The smallest absolute Gasteiger partial charge is 0.240 e. The van der Waals surface area contributed by atoms with Crippen LogP contribution in [0.3, 0.4) is 0 Å². The molecule has 126 valence electrons. The molecular formula is C20H18N2O2S. The van der Waals surface area contributed by atoms with Gasteiger partial charge in [-0.05, 0) is 33.8 Å². The van der Waals surface area contributed by atoms with E-state index >= 15 is 0 Å². The number of hydrogen-bond donors (Lipinski definition) is 0. The normalized spacial score (nSPS) is 17.0. The van der Waals surface area contributed by atoms with Crippen molar-refractivity contribution >= 4 is 33.7 Å². The van der Waals surface area contributed by atoms with Crippen molar-refractivity contribution in [2.24, 2.45) is 5.10 Å². The first-order valence-corrected chi connectivity index (χ1v) is 9.09. The van der Waals surface area contributed by atoms with Gasteiger partial charge in [0.15, 0.2) is 0 Å². The molecule has 0 spiro atoms. The van der Waals surface area contributed by atoms with Gasteiger partial charge < -0.3 is 4.74 Å². The highest BCUT2D eigenvalue weighted by molar-refractivity contribution is 7.08. The molecule has 0 unspecified atom stereocenters. The van der Waals surface area contributed by atoms with E-state index in [-0.39, 0.29) is 11.9 Å². The van der Waals surface area contributed by atoms with E-state index in [4.69, 9.17) is 4.74 Å². The Balaban J connectivity index is 1.82. The minimum Gasteiger partial charge on any atom is -0.496 e. The Morgan fingerprint density at radius 2 is 2.00 bits per heavy atom. The summed E-state index contributed by atoms with van der Waals surface area (Å²) in [5.41, 5.74) is 3.15. The maximum atomic E-state index is 12.2. The first kappa shape index (κ1) is 15.8. The van der Waals surface area contributed by atoms with Crippen molar-refractivity contribution in [3.63, 3.8) is 0 Å². The van der Waals surface area contributed by atoms with Gasteiger partial charge in [0, 0.05) is 24.3 Å². The van der Waals surface area contributed by atoms with Gasteiger partial charge in [0.2, 0.25) is 5.91 Å². The van der Waals surface area contributed by atoms with Gasteiger partial charge in [-0.1, -0.05) is 30.3 Å². The number of carbonyl (C=O) groups excluding carboxylic acids is 1. The Bertz CT molecular complexity index is 963. The van der Waals surface area contributed by atoms with E-state index in [1.165, 1.54) is 0 Å². The van der Waals surface area contributed by atoms with E-state index in [1.54, 1.807) is 30.4 Å². The average Bonchev–Trinajstić information content (AvgIpc) is 3.30. The molecule has 1 atom stereocenters. The first-order valence-electron chi connectivity index (χ1n) is 8.14. The molecule has 0 radical (unpaired) electrons. The van der Waals surface area contributed by atoms with Crippen molar-refractivity contribution in [3.05, 3.63) is 64.4 Å². The number of fused-ring (bicyclic) bond motifs is 1. The van der Waals surface area contributed by atoms with Crippen molar-refractivity contribution in [2.45, 2.75) is 19.4 Å². The highest BCUT2D eigenvalue weighted by atomic mass is 32.1. The number of rotatable bonds is 3. The Kier molecular flexibility index (Phi) is 4.01. The third-order valence-corrected chi connectivity index (χ3v) is 5.27. The van der Waals surface area contributed by atoms with Crippen LogP contribution in [0.25, 0.3) is 10.8 Å². The van der Waals surface area contributed by atoms with Crippen molar-refractivity contribution in [1.29, 1.82) is 0 Å². The second-order valence-corrected chi connectivity index (χ2v) is 6.82. The monoisotopic (exact) mass is 350 g/mol. The lowest BCUT2D eigenvalue weighted by atomic mass is 9.94. The predicted octanol–water partition coefficient (Wildman–Crippen LogP) is 4.61. The van der Waals surface area contributed by atoms with Crippen LogP contribution in [0.15, 0.2) is 58.3 Å². The lowest BCUT2D eigenvalue weighted by Crippen LogP contribution is -2.24. The van der Waals surface area contributed by atoms with Crippen molar-refractivity contribution < 1.29 is 9.53 Å². The van der Waals surface area contributed by atoms with Crippen LogP contribution in [0.4, 0.5) is 0 Å². The average molecular weight is 350 g/mol. The number of amides is 1. The summed E-state index contributed by atoms with van der Waals surface area (Å²) in [5.74, 6) is 0.792. The molecule has 25 heavy (non-hydrogen) atoms. The van der Waals surface area contributed by atoms with E-state index < -0.39 is 0 Å². The number of hydrogen-bond acceptors (Lipinski definition) is 4. The fourth-order valence-electron chi connectivity index (χ4n) is 3.41. The molecule has 4 nitrogen and oxygen atoms in total. The Hall–Kier alpha value is -2.66. The topological polar surface area (TPSA) is 41.9 Å². The van der Waals surface area contributed by atoms with Gasteiger partial charge in [-0.2, -0.15) is 16.4 Å². The van der Waals surface area contributed by atoms with Gasteiger partial charge in [0.25, 0.3) is 0 Å². The summed E-state index contributed by atoms with van der Waals surface area (Å²) < 4.78 is 5.49. The second-order valence-electron chi connectivity index (χ2n) is 6.04. The molecule has 5 heteroatoms. The van der Waals surface area contributed by atoms with Crippen LogP contribution < -0.4 is 4.74 Å². The third-order valence-electron chi connectivity index (χ3n) is 4.58. The molecule has 2 heterocycles. The van der Waals surface area contributed by atoms with Crippen molar-refractivity contribution in [1.82, 2.24) is 5.01 Å². The van der Waals surface area contributed by atoms with Gasteiger partial charge in [-0.15, -0.1) is 0 Å². The molecule has 1 aliphatic heterocycles. The van der Waals surface area contributed by atoms with E-state index in [9.17, 15) is 4.79 Å². The third kappa shape index (κ3) is 2.70. The molecule has 0 bridgehead atoms. The van der Waals surface area contributed by atoms with Crippen molar-refractivity contribution in [3.8, 4) is 5.75 Å². The van der Waals surface area contributed by atoms with E-state index in [0.717, 1.165) is 33.4 Å². The zero-order chi connectivity index (χ0) is 17.4. The molecule has 0 saturated carbocycles. The van der Waals surface area contributed by atoms with Crippen LogP contribution in [-0.2, 0) is 4.79 Å². The highest BCUT2D eigenvalue weighted by Gasteiger charge is 2.32. The van der Waals surface area contributed by atoms with Gasteiger partial charge in [-0.25, -0.2) is 5.01 Å². The van der Waals surface area contributed by atoms with Gasteiger partial charge in [-0.3, -0.25) is 4.79 Å². The molecular weight excluding hydrogens is 332 g/mol. The molecule has 0 N–H and O–H groups in total. The molecule has 0 fully saturated rings. The molecule has 0 aliphatic carbocycles. The number of nitrogens with zero attached hydrogens (tertiary/aromatic N) is 2. The quantitative estimate of drug-likeness (QED) is 0.692. The second kappa shape index (κ2) is 6.33. The number of methoxy groups -OCH3 is 1. The lowest BCUT2D eigenvalue weighted by Gasteiger charge is -2.22. The van der Waals surface area contributed by atoms with Crippen LogP contribution in [-0.4, -0.2) is 23.7 Å². The molecule has 1 aliphatic rings. The zero-order valence-electron chi connectivity index (χ0n) is 14.1. The summed E-state index contributed by atoms with van der Waals surface area (Å²) in [6.07, 6.45) is 0.715. The maximum Gasteiger partial charge on any atom is 0.240 e. The predicted molar refractivity (Wildman–Crippen MR) is 101 cm³/mol. The minimum absolute atomic E-state index is 0.0462. The molecule has 4 rings (SSSR count). The first-order chi connectivity index (χ1) is 12.2. The summed E-state index contributed by atoms with van der Waals surface area (Å²) in [6.45, 7) is 1.57. The fourth-order valence-corrected chi connectivity index (χ4v) is 4.07. The van der Waals surface area contributed by atoms with Crippen LogP contribution in [0.1, 0.15) is 30.5 Å². The highest BCUT2D eigenvalue weighted by Crippen LogP contribution is 2.39. The van der Waals surface area contributed by atoms with E-state index in [0.29, 0.717) is 6.42 Å². The molecule has 1 aromatic heterocycles. The van der Waals surface area contributed by atoms with Crippen LogP contribution in [0, 0.1) is 0 Å². The van der Waals surface area contributed by atoms with E-state index in [1.807, 2.05) is 35.7 Å². The van der Waals surface area contributed by atoms with Crippen molar-refractivity contribution in [2.75, 3.05) is 7.11 Å². The Morgan fingerprint density at radius 3 is 2.68 bits per heavy atom. The number of thiophene rings is 1. The largest absolute Gasteiger partial charge is 0.496 e. The number of hydrazone groups is 1. The van der Waals surface area contributed by atoms with Crippen LogP contribution in [0.5, 0.6) is 5.75 Å². The summed E-state index contributed by atoms with van der Waals surface area (Å²) in [6, 6.07) is 14.1. The van der Waals surface area contributed by atoms with Gasteiger partial charge in [0.1, 0.15) is 5.75 Å². The Morgan fingerprint density at radius 1 is 1.20 bits per heavy atom. The number of ether oxygens (including phenoxy) is 1. The van der Waals surface area contributed by atoms with Crippen LogP contribution in [0.2, 0.25) is 0 Å². The maximum absolute atomic E-state index is 12.2.